The molecule has 1 saturated heterocycles. The van der Waals surface area contributed by atoms with Crippen molar-refractivity contribution in [3.8, 4) is 17.0 Å². The number of aromatic nitrogens is 5. The summed E-state index contributed by atoms with van der Waals surface area (Å²) in [4.78, 5) is 19.9. The van der Waals surface area contributed by atoms with E-state index in [1.807, 2.05) is 35.0 Å². The highest BCUT2D eigenvalue weighted by Gasteiger charge is 2.34. The number of pyridine rings is 1. The zero-order chi connectivity index (χ0) is 26.2. The van der Waals surface area contributed by atoms with Crippen LogP contribution in [0.4, 0.5) is 4.39 Å². The van der Waals surface area contributed by atoms with Gasteiger partial charge in [-0.15, -0.1) is 10.2 Å². The van der Waals surface area contributed by atoms with Gasteiger partial charge in [0.15, 0.2) is 5.65 Å². The summed E-state index contributed by atoms with van der Waals surface area (Å²) in [6.45, 7) is 3.14. The second-order valence-electron chi connectivity index (χ2n) is 10.4. The van der Waals surface area contributed by atoms with Gasteiger partial charge < -0.3 is 14.4 Å². The SMILES string of the molecule is CO[C@H]1C[C@H](n2c(=O)n(C)c3nnc4ccc(-c5ccc(OCCCN6CCC(F)CC6)nc5)cc4c32)C1. The third-order valence-corrected chi connectivity index (χ3v) is 7.99. The van der Waals surface area contributed by atoms with E-state index in [2.05, 4.69) is 26.1 Å². The Labute approximate surface area is 220 Å². The molecule has 38 heavy (non-hydrogen) atoms. The summed E-state index contributed by atoms with van der Waals surface area (Å²) in [5, 5.41) is 9.64. The molecule has 10 heteroatoms. The van der Waals surface area contributed by atoms with Crippen LogP contribution in [0.3, 0.4) is 0 Å². The lowest BCUT2D eigenvalue weighted by Gasteiger charge is -2.34. The number of halogens is 1. The molecule has 0 unspecified atom stereocenters. The molecular weight excluding hydrogens is 487 g/mol. The number of fused-ring (bicyclic) bond motifs is 3. The number of alkyl halides is 1. The van der Waals surface area contributed by atoms with Crippen molar-refractivity contribution in [2.45, 2.75) is 50.4 Å². The minimum atomic E-state index is -0.643. The maximum atomic E-state index is 13.3. The van der Waals surface area contributed by atoms with E-state index >= 15 is 0 Å². The Bertz CT molecular complexity index is 1490. The van der Waals surface area contributed by atoms with Gasteiger partial charge in [-0.05, 0) is 55.9 Å². The zero-order valence-corrected chi connectivity index (χ0v) is 21.8. The molecule has 9 nitrogen and oxygen atoms in total. The molecule has 0 atom stereocenters. The molecule has 0 amide bonds. The quantitative estimate of drug-likeness (QED) is 0.326. The normalized spacial score (nSPS) is 20.7. The average molecular weight is 521 g/mol. The van der Waals surface area contributed by atoms with E-state index < -0.39 is 6.17 Å². The van der Waals surface area contributed by atoms with Crippen LogP contribution in [0.25, 0.3) is 33.2 Å². The third kappa shape index (κ3) is 4.67. The number of ether oxygens (including phenoxy) is 2. The van der Waals surface area contributed by atoms with Gasteiger partial charge in [0.25, 0.3) is 0 Å². The van der Waals surface area contributed by atoms with E-state index in [9.17, 15) is 9.18 Å². The van der Waals surface area contributed by atoms with Crippen molar-refractivity contribution in [3.63, 3.8) is 0 Å². The van der Waals surface area contributed by atoms with Crippen molar-refractivity contribution in [1.29, 1.82) is 0 Å². The van der Waals surface area contributed by atoms with Gasteiger partial charge >= 0.3 is 5.69 Å². The molecule has 200 valence electrons. The molecule has 4 heterocycles. The van der Waals surface area contributed by atoms with E-state index in [4.69, 9.17) is 9.47 Å². The van der Waals surface area contributed by atoms with Crippen LogP contribution in [-0.2, 0) is 11.8 Å². The van der Waals surface area contributed by atoms with Crippen molar-refractivity contribution in [1.82, 2.24) is 29.2 Å². The summed E-state index contributed by atoms with van der Waals surface area (Å²) in [6.07, 6.45) is 5.10. The summed E-state index contributed by atoms with van der Waals surface area (Å²) in [7, 11) is 3.45. The van der Waals surface area contributed by atoms with Crippen molar-refractivity contribution >= 4 is 22.1 Å². The zero-order valence-electron chi connectivity index (χ0n) is 21.8. The third-order valence-electron chi connectivity index (χ3n) is 7.99. The fourth-order valence-corrected chi connectivity index (χ4v) is 5.58. The Morgan fingerprint density at radius 1 is 1.08 bits per heavy atom. The van der Waals surface area contributed by atoms with Crippen molar-refractivity contribution in [2.24, 2.45) is 7.05 Å². The number of piperidine rings is 1. The summed E-state index contributed by atoms with van der Waals surface area (Å²) in [6, 6.07) is 9.96. The lowest BCUT2D eigenvalue weighted by atomic mass is 9.89. The summed E-state index contributed by atoms with van der Waals surface area (Å²) in [5.41, 5.74) is 3.98. The summed E-state index contributed by atoms with van der Waals surface area (Å²) in [5.74, 6) is 0.583. The molecule has 1 aliphatic heterocycles. The van der Waals surface area contributed by atoms with Crippen molar-refractivity contribution in [3.05, 3.63) is 47.0 Å². The van der Waals surface area contributed by atoms with E-state index in [0.29, 0.717) is 31.0 Å². The van der Waals surface area contributed by atoms with Crippen molar-refractivity contribution in [2.75, 3.05) is 33.4 Å². The largest absolute Gasteiger partial charge is 0.478 e. The maximum Gasteiger partial charge on any atom is 0.330 e. The van der Waals surface area contributed by atoms with Gasteiger partial charge in [-0.25, -0.2) is 14.2 Å². The van der Waals surface area contributed by atoms with Crippen LogP contribution < -0.4 is 10.4 Å². The molecule has 0 N–H and O–H groups in total. The molecule has 0 radical (unpaired) electrons. The lowest BCUT2D eigenvalue weighted by Crippen LogP contribution is -2.37. The number of imidazole rings is 1. The van der Waals surface area contributed by atoms with Crippen molar-refractivity contribution < 1.29 is 13.9 Å². The number of likely N-dealkylation sites (tertiary alicyclic amines) is 1. The molecule has 6 rings (SSSR count). The Morgan fingerprint density at radius 3 is 2.61 bits per heavy atom. The number of aryl methyl sites for hydroxylation is 1. The van der Waals surface area contributed by atoms with E-state index in [-0.39, 0.29) is 17.8 Å². The standard InChI is InChI=1S/C28H33FN6O3/c1-33-27-26(35(28(33)36)21-15-22(16-21)37-2)23-14-18(4-6-24(23)31-32-27)19-5-7-25(30-17-19)38-13-3-10-34-11-8-20(29)9-12-34/h4-7,14,17,20-22H,3,8-13,15-16H2,1-2H3/t21-,22-. The van der Waals surface area contributed by atoms with Gasteiger partial charge in [0.05, 0.1) is 18.2 Å². The van der Waals surface area contributed by atoms with Crippen LogP contribution in [-0.4, -0.2) is 74.8 Å². The summed E-state index contributed by atoms with van der Waals surface area (Å²) >= 11 is 0. The molecule has 0 spiro atoms. The Kier molecular flexibility index (Phi) is 6.84. The Hall–Kier alpha value is -3.37. The minimum absolute atomic E-state index is 0.0816. The average Bonchev–Trinajstić information content (AvgIpc) is 3.17. The molecule has 1 aliphatic carbocycles. The van der Waals surface area contributed by atoms with E-state index in [1.54, 1.807) is 18.7 Å². The number of methoxy groups -OCH3 is 1. The molecular formula is C28H33FN6O3. The summed E-state index contributed by atoms with van der Waals surface area (Å²) < 4.78 is 28.0. The van der Waals surface area contributed by atoms with E-state index in [0.717, 1.165) is 66.4 Å². The Morgan fingerprint density at radius 2 is 1.87 bits per heavy atom. The van der Waals surface area contributed by atoms with Gasteiger partial charge in [-0.1, -0.05) is 6.07 Å². The fourth-order valence-electron chi connectivity index (χ4n) is 5.58. The minimum Gasteiger partial charge on any atom is -0.478 e. The highest BCUT2D eigenvalue weighted by molar-refractivity contribution is 6.02. The number of hydrogen-bond acceptors (Lipinski definition) is 7. The highest BCUT2D eigenvalue weighted by Crippen LogP contribution is 2.37. The molecule has 4 aromatic rings. The lowest BCUT2D eigenvalue weighted by molar-refractivity contribution is 0.00635. The monoisotopic (exact) mass is 520 g/mol. The second-order valence-corrected chi connectivity index (χ2v) is 10.4. The molecule has 2 aliphatic rings. The molecule has 0 bridgehead atoms. The van der Waals surface area contributed by atoms with Crippen LogP contribution in [0.5, 0.6) is 5.88 Å². The van der Waals surface area contributed by atoms with Gasteiger partial charge in [0.1, 0.15) is 11.7 Å². The van der Waals surface area contributed by atoms with Crippen LogP contribution in [0.2, 0.25) is 0 Å². The first-order valence-electron chi connectivity index (χ1n) is 13.4. The maximum absolute atomic E-state index is 13.3. The second kappa shape index (κ2) is 10.4. The van der Waals surface area contributed by atoms with Crippen LogP contribution in [0.1, 0.15) is 38.1 Å². The van der Waals surface area contributed by atoms with Crippen LogP contribution >= 0.6 is 0 Å². The Balaban J connectivity index is 1.20. The molecule has 2 fully saturated rings. The number of hydrogen-bond donors (Lipinski definition) is 0. The van der Waals surface area contributed by atoms with Crippen LogP contribution in [0, 0.1) is 0 Å². The topological polar surface area (TPSA) is 87.3 Å². The number of benzene rings is 1. The van der Waals surface area contributed by atoms with Gasteiger partial charge in [-0.2, -0.15) is 0 Å². The van der Waals surface area contributed by atoms with Crippen LogP contribution in [0.15, 0.2) is 41.3 Å². The van der Waals surface area contributed by atoms with Gasteiger partial charge in [0, 0.05) is 63.0 Å². The first-order valence-corrected chi connectivity index (χ1v) is 13.4. The fraction of sp³-hybridized carbons (Fsp3) is 0.500. The number of rotatable bonds is 8. The molecule has 3 aromatic heterocycles. The molecule has 1 aromatic carbocycles. The van der Waals surface area contributed by atoms with E-state index in [1.165, 1.54) is 0 Å². The highest BCUT2D eigenvalue weighted by atomic mass is 19.1. The number of nitrogens with zero attached hydrogens (tertiary/aromatic N) is 6. The first kappa shape index (κ1) is 24.9. The predicted molar refractivity (Wildman–Crippen MR) is 143 cm³/mol. The van der Waals surface area contributed by atoms with Gasteiger partial charge in [0.2, 0.25) is 5.88 Å². The smallest absolute Gasteiger partial charge is 0.330 e. The first-order chi connectivity index (χ1) is 18.5. The molecule has 1 saturated carbocycles. The van der Waals surface area contributed by atoms with Gasteiger partial charge in [-0.3, -0.25) is 9.13 Å². The predicted octanol–water partition coefficient (Wildman–Crippen LogP) is 3.90.